The summed E-state index contributed by atoms with van der Waals surface area (Å²) >= 11 is 1.70. The van der Waals surface area contributed by atoms with Crippen LogP contribution in [0.2, 0.25) is 0 Å². The van der Waals surface area contributed by atoms with E-state index in [-0.39, 0.29) is 0 Å². The van der Waals surface area contributed by atoms with Crippen LogP contribution < -0.4 is 4.72 Å². The highest BCUT2D eigenvalue weighted by Crippen LogP contribution is 1.98. The zero-order valence-electron chi connectivity index (χ0n) is 8.02. The second-order valence-corrected chi connectivity index (χ2v) is 5.54. The van der Waals surface area contributed by atoms with Crippen LogP contribution in [-0.4, -0.2) is 43.8 Å². The molecule has 0 bridgehead atoms. The number of thioether (sulfide) groups is 1. The molecule has 0 aliphatic heterocycles. The molecule has 0 unspecified atom stereocenters. The Hall–Kier alpha value is -0.270. The van der Waals surface area contributed by atoms with Crippen molar-refractivity contribution in [1.82, 2.24) is 4.72 Å². The quantitative estimate of drug-likeness (QED) is 0.590. The number of hydrogen-bond acceptors (Lipinski definition) is 4. The molecule has 5 nitrogen and oxygen atoms in total. The summed E-state index contributed by atoms with van der Waals surface area (Å²) in [7, 11) is -3.62. The summed E-state index contributed by atoms with van der Waals surface area (Å²) in [5, 5.41) is 8.27. The van der Waals surface area contributed by atoms with Crippen LogP contribution in [0.1, 0.15) is 12.8 Å². The van der Waals surface area contributed by atoms with Gasteiger partial charge in [0.1, 0.15) is 0 Å². The van der Waals surface area contributed by atoms with Crippen LogP contribution in [0.4, 0.5) is 0 Å². The first-order chi connectivity index (χ1) is 6.48. The van der Waals surface area contributed by atoms with E-state index >= 15 is 0 Å². The number of hydrogen-bond donors (Lipinski definition) is 2. The Morgan fingerprint density at radius 2 is 2.07 bits per heavy atom. The third-order valence-electron chi connectivity index (χ3n) is 1.41. The van der Waals surface area contributed by atoms with Gasteiger partial charge in [-0.1, -0.05) is 0 Å². The fourth-order valence-corrected chi connectivity index (χ4v) is 2.19. The van der Waals surface area contributed by atoms with Gasteiger partial charge in [0.25, 0.3) is 0 Å². The number of aliphatic carboxylic acids is 1. The number of carbonyl (C=O) groups is 1. The maximum absolute atomic E-state index is 11.0. The molecule has 0 aromatic carbocycles. The summed E-state index contributed by atoms with van der Waals surface area (Å²) < 4.78 is 24.2. The summed E-state index contributed by atoms with van der Waals surface area (Å²) in [6.07, 6.45) is 3.64. The number of unbranched alkanes of at least 4 members (excludes halogenated alkanes) is 1. The molecule has 84 valence electrons. The molecule has 0 aromatic heterocycles. The normalized spacial score (nSPS) is 11.5. The van der Waals surface area contributed by atoms with Crippen molar-refractivity contribution in [3.63, 3.8) is 0 Å². The van der Waals surface area contributed by atoms with Crippen molar-refractivity contribution < 1.29 is 18.3 Å². The number of nitrogens with one attached hydrogen (secondary N) is 1. The zero-order valence-corrected chi connectivity index (χ0v) is 9.66. The molecule has 0 spiro atoms. The van der Waals surface area contributed by atoms with E-state index in [0.717, 1.165) is 18.6 Å². The fourth-order valence-electron chi connectivity index (χ4n) is 0.813. The highest BCUT2D eigenvalue weighted by Gasteiger charge is 2.13. The lowest BCUT2D eigenvalue weighted by Gasteiger charge is -2.03. The fraction of sp³-hybridized carbons (Fsp3) is 0.857. The first kappa shape index (κ1) is 13.7. The Bertz CT molecular complexity index is 263. The van der Waals surface area contributed by atoms with Gasteiger partial charge in [0.05, 0.1) is 0 Å². The maximum atomic E-state index is 11.0. The SMILES string of the molecule is CSCCCCNS(=O)(=O)CC(=O)O. The zero-order chi connectivity index (χ0) is 11.0. The maximum Gasteiger partial charge on any atom is 0.320 e. The first-order valence-electron chi connectivity index (χ1n) is 4.16. The van der Waals surface area contributed by atoms with E-state index in [1.807, 2.05) is 6.26 Å². The van der Waals surface area contributed by atoms with Gasteiger partial charge in [-0.3, -0.25) is 4.79 Å². The lowest BCUT2D eigenvalue weighted by Crippen LogP contribution is -2.30. The van der Waals surface area contributed by atoms with E-state index in [1.54, 1.807) is 11.8 Å². The van der Waals surface area contributed by atoms with Gasteiger partial charge >= 0.3 is 5.97 Å². The minimum atomic E-state index is -3.62. The van der Waals surface area contributed by atoms with Gasteiger partial charge in [-0.15, -0.1) is 0 Å². The first-order valence-corrected chi connectivity index (χ1v) is 7.20. The summed E-state index contributed by atoms with van der Waals surface area (Å²) in [6, 6.07) is 0. The van der Waals surface area contributed by atoms with Gasteiger partial charge < -0.3 is 5.11 Å². The van der Waals surface area contributed by atoms with Gasteiger partial charge in [0.2, 0.25) is 10.0 Å². The average Bonchev–Trinajstić information content (AvgIpc) is 2.01. The Labute approximate surface area is 88.3 Å². The molecule has 0 heterocycles. The second-order valence-electron chi connectivity index (χ2n) is 2.75. The van der Waals surface area contributed by atoms with Gasteiger partial charge in [0.15, 0.2) is 5.75 Å². The predicted octanol–water partition coefficient (Wildman–Crippen LogP) is 0.134. The van der Waals surface area contributed by atoms with Crippen LogP contribution in [0.25, 0.3) is 0 Å². The molecule has 0 radical (unpaired) electrons. The van der Waals surface area contributed by atoms with Crippen LogP contribution in [0.5, 0.6) is 0 Å². The van der Waals surface area contributed by atoms with Crippen molar-refractivity contribution in [2.45, 2.75) is 12.8 Å². The van der Waals surface area contributed by atoms with E-state index in [1.165, 1.54) is 0 Å². The van der Waals surface area contributed by atoms with Crippen molar-refractivity contribution in [1.29, 1.82) is 0 Å². The molecule has 0 saturated heterocycles. The molecular weight excluding hydrogens is 226 g/mol. The summed E-state index contributed by atoms with van der Waals surface area (Å²) in [4.78, 5) is 10.1. The third kappa shape index (κ3) is 8.33. The van der Waals surface area contributed by atoms with Gasteiger partial charge in [-0.05, 0) is 24.9 Å². The molecule has 0 aromatic rings. The van der Waals surface area contributed by atoms with Crippen LogP contribution >= 0.6 is 11.8 Å². The monoisotopic (exact) mass is 241 g/mol. The Morgan fingerprint density at radius 1 is 1.43 bits per heavy atom. The largest absolute Gasteiger partial charge is 0.480 e. The highest BCUT2D eigenvalue weighted by molar-refractivity contribution is 7.98. The molecule has 0 saturated carbocycles. The number of rotatable bonds is 8. The topological polar surface area (TPSA) is 83.5 Å². The van der Waals surface area contributed by atoms with Crippen molar-refractivity contribution >= 4 is 27.8 Å². The minimum absolute atomic E-state index is 0.316. The summed E-state index contributed by atoms with van der Waals surface area (Å²) in [5.41, 5.74) is 0. The number of sulfonamides is 1. The minimum Gasteiger partial charge on any atom is -0.480 e. The Morgan fingerprint density at radius 3 is 2.57 bits per heavy atom. The molecule has 0 rings (SSSR count). The lowest BCUT2D eigenvalue weighted by molar-refractivity contribution is -0.134. The molecule has 14 heavy (non-hydrogen) atoms. The lowest BCUT2D eigenvalue weighted by atomic mass is 10.3. The molecule has 0 aliphatic carbocycles. The van der Waals surface area contributed by atoms with E-state index in [2.05, 4.69) is 4.72 Å². The number of carboxylic acids is 1. The molecule has 0 aliphatic rings. The smallest absolute Gasteiger partial charge is 0.320 e. The van der Waals surface area contributed by atoms with E-state index in [9.17, 15) is 13.2 Å². The van der Waals surface area contributed by atoms with Crippen molar-refractivity contribution in [2.24, 2.45) is 0 Å². The van der Waals surface area contributed by atoms with E-state index in [0.29, 0.717) is 6.54 Å². The predicted molar refractivity (Wildman–Crippen MR) is 57.0 cm³/mol. The van der Waals surface area contributed by atoms with Crippen molar-refractivity contribution in [2.75, 3.05) is 24.3 Å². The summed E-state index contributed by atoms with van der Waals surface area (Å²) in [6.45, 7) is 0.316. The number of carboxylic acid groups (broad SMARTS) is 1. The second kappa shape index (κ2) is 7.08. The van der Waals surface area contributed by atoms with Crippen LogP contribution in [0.15, 0.2) is 0 Å². The van der Waals surface area contributed by atoms with Crippen LogP contribution in [0.3, 0.4) is 0 Å². The Kier molecular flexibility index (Phi) is 6.94. The standard InChI is InChI=1S/C7H15NO4S2/c1-13-5-3-2-4-8-14(11,12)6-7(9)10/h8H,2-6H2,1H3,(H,9,10). The van der Waals surface area contributed by atoms with Gasteiger partial charge in [0, 0.05) is 6.54 Å². The molecular formula is C7H15NO4S2. The van der Waals surface area contributed by atoms with Crippen molar-refractivity contribution in [3.05, 3.63) is 0 Å². The summed E-state index contributed by atoms with van der Waals surface area (Å²) in [5.74, 6) is -1.20. The molecule has 0 atom stereocenters. The van der Waals surface area contributed by atoms with Crippen LogP contribution in [-0.2, 0) is 14.8 Å². The van der Waals surface area contributed by atoms with E-state index in [4.69, 9.17) is 5.11 Å². The van der Waals surface area contributed by atoms with E-state index < -0.39 is 21.7 Å². The molecule has 2 N–H and O–H groups in total. The van der Waals surface area contributed by atoms with Crippen molar-refractivity contribution in [3.8, 4) is 0 Å². The molecule has 7 heteroatoms. The van der Waals surface area contributed by atoms with Gasteiger partial charge in [-0.25, -0.2) is 13.1 Å². The molecule has 0 fully saturated rings. The third-order valence-corrected chi connectivity index (χ3v) is 3.38. The van der Waals surface area contributed by atoms with Crippen LogP contribution in [0, 0.1) is 0 Å². The Balaban J connectivity index is 3.61. The van der Waals surface area contributed by atoms with Gasteiger partial charge in [-0.2, -0.15) is 11.8 Å². The highest BCUT2D eigenvalue weighted by atomic mass is 32.2. The average molecular weight is 241 g/mol. The molecule has 0 amide bonds.